The van der Waals surface area contributed by atoms with Gasteiger partial charge in [0.2, 0.25) is 0 Å². The van der Waals surface area contributed by atoms with Gasteiger partial charge in [-0.05, 0) is 121 Å². The average Bonchev–Trinajstić information content (AvgIpc) is 4.04. The molecule has 0 fully saturated rings. The number of thiophene rings is 1. The van der Waals surface area contributed by atoms with Gasteiger partial charge in [0.1, 0.15) is 0 Å². The number of hydrogen-bond donors (Lipinski definition) is 0. The van der Waals surface area contributed by atoms with E-state index in [1.54, 1.807) is 0 Å². The third-order valence-corrected chi connectivity index (χ3v) is 17.1. The van der Waals surface area contributed by atoms with E-state index in [4.69, 9.17) is 9.97 Å². The van der Waals surface area contributed by atoms with E-state index in [1.165, 1.54) is 98.1 Å². The average molecular weight is 909 g/mol. The van der Waals surface area contributed by atoms with Gasteiger partial charge in [-0.1, -0.05) is 207 Å². The van der Waals surface area contributed by atoms with Gasteiger partial charge in [-0.2, -0.15) is 0 Å². The van der Waals surface area contributed by atoms with Crippen molar-refractivity contribution < 1.29 is 0 Å². The van der Waals surface area contributed by atoms with Gasteiger partial charge in [-0.15, -0.1) is 11.3 Å². The zero-order valence-electron chi connectivity index (χ0n) is 38.5. The van der Waals surface area contributed by atoms with Crippen LogP contribution in [0.15, 0.2) is 236 Å². The van der Waals surface area contributed by atoms with E-state index >= 15 is 0 Å². The number of aromatic nitrogens is 2. The van der Waals surface area contributed by atoms with E-state index in [2.05, 4.69) is 213 Å². The van der Waals surface area contributed by atoms with E-state index < -0.39 is 10.8 Å². The van der Waals surface area contributed by atoms with Crippen molar-refractivity contribution in [2.24, 2.45) is 5.92 Å². The summed E-state index contributed by atoms with van der Waals surface area (Å²) in [4.78, 5) is 10.2. The number of fused-ring (bicyclic) bond motifs is 18. The molecule has 0 radical (unpaired) electrons. The van der Waals surface area contributed by atoms with Gasteiger partial charge in [-0.25, -0.2) is 9.97 Å². The molecule has 4 aliphatic carbocycles. The first-order valence-corrected chi connectivity index (χ1v) is 25.3. The lowest BCUT2D eigenvalue weighted by molar-refractivity contribution is 0.626. The van der Waals surface area contributed by atoms with E-state index in [0.29, 0.717) is 5.92 Å². The fourth-order valence-corrected chi connectivity index (χ4v) is 14.2. The summed E-state index contributed by atoms with van der Waals surface area (Å²) in [5.74, 6) is 1.20. The van der Waals surface area contributed by atoms with Crippen molar-refractivity contribution in [2.45, 2.75) is 24.2 Å². The van der Waals surface area contributed by atoms with Gasteiger partial charge in [0, 0.05) is 36.9 Å². The molecular formula is C67H44N2S. The van der Waals surface area contributed by atoms with Crippen LogP contribution in [0.4, 0.5) is 0 Å². The number of benzene rings is 9. The minimum Gasteiger partial charge on any atom is -0.228 e. The monoisotopic (exact) mass is 908 g/mol. The second-order valence-electron chi connectivity index (χ2n) is 19.6. The second-order valence-corrected chi connectivity index (χ2v) is 20.7. The standard InChI is InChI=1S/C67H44N2S/c1-41-28-34-54-49(36-41)47-20-8-10-22-53(47)66(54)56-23-11-13-25-58(56)67(59-26-14-12-24-57(59)66)55-35-33-46(37-50(55)51-39-64-52(38-60(51)67)48-21-9-15-27-63(48)70-64)42-29-31-44(32-30-42)62-40-61(43-16-4-2-5-17-43)68-65(69-62)45-18-6-3-7-19-45/h2-35,37-41H,36H2,1H3. The molecule has 0 N–H and O–H groups in total. The molecule has 1 unspecified atom stereocenters. The summed E-state index contributed by atoms with van der Waals surface area (Å²) < 4.78 is 2.64. The number of allylic oxidation sites excluding steroid dienone is 4. The Bertz CT molecular complexity index is 3940. The quantitative estimate of drug-likeness (QED) is 0.176. The Morgan fingerprint density at radius 1 is 0.400 bits per heavy atom. The maximum atomic E-state index is 5.15. The predicted octanol–water partition coefficient (Wildman–Crippen LogP) is 16.9. The minimum absolute atomic E-state index is 0.446. The summed E-state index contributed by atoms with van der Waals surface area (Å²) in [6, 6.07) is 81.4. The Labute approximate surface area is 411 Å². The summed E-state index contributed by atoms with van der Waals surface area (Å²) in [6.07, 6.45) is 5.98. The van der Waals surface area contributed by atoms with Crippen LogP contribution in [0.2, 0.25) is 0 Å². The molecule has 2 nitrogen and oxygen atoms in total. The highest BCUT2D eigenvalue weighted by molar-refractivity contribution is 7.25. The maximum absolute atomic E-state index is 5.15. The molecule has 0 saturated carbocycles. The van der Waals surface area contributed by atoms with Crippen molar-refractivity contribution in [3.05, 3.63) is 281 Å². The third kappa shape index (κ3) is 5.38. The molecule has 2 aromatic heterocycles. The SMILES string of the molecule is CC1C=CC2=C(C1)c1ccccc1C21c2ccccc2C2(c3ccc(-c4ccc(-c5cc(-c6ccccc6)nc(-c6ccccc6)n5)cc4)cc3-c3cc4sc5ccccc5c4cc32)c2ccccc21. The Balaban J connectivity index is 0.945. The molecule has 2 spiro atoms. The molecule has 0 saturated heterocycles. The van der Waals surface area contributed by atoms with Crippen molar-refractivity contribution in [1.29, 1.82) is 0 Å². The van der Waals surface area contributed by atoms with Gasteiger partial charge in [-0.3, -0.25) is 0 Å². The van der Waals surface area contributed by atoms with Gasteiger partial charge in [0.15, 0.2) is 5.82 Å². The van der Waals surface area contributed by atoms with E-state index in [0.717, 1.165) is 40.3 Å². The second kappa shape index (κ2) is 14.9. The summed E-state index contributed by atoms with van der Waals surface area (Å²) in [6.45, 7) is 2.36. The zero-order valence-corrected chi connectivity index (χ0v) is 39.3. The maximum Gasteiger partial charge on any atom is 0.160 e. The van der Waals surface area contributed by atoms with Crippen molar-refractivity contribution in [3.8, 4) is 56.2 Å². The molecule has 4 aliphatic rings. The Hall–Kier alpha value is -8.24. The van der Waals surface area contributed by atoms with Crippen LogP contribution in [0.1, 0.15) is 57.9 Å². The Kier molecular flexibility index (Phi) is 8.44. The number of rotatable bonds is 4. The molecule has 0 amide bonds. The van der Waals surface area contributed by atoms with E-state index in [1.807, 2.05) is 35.6 Å². The summed E-state index contributed by atoms with van der Waals surface area (Å²) >= 11 is 1.90. The molecule has 0 bridgehead atoms. The fourth-order valence-electron chi connectivity index (χ4n) is 13.0. The summed E-state index contributed by atoms with van der Waals surface area (Å²) in [5, 5.41) is 2.65. The van der Waals surface area contributed by atoms with Crippen LogP contribution in [0, 0.1) is 5.92 Å². The Morgan fingerprint density at radius 3 is 1.66 bits per heavy atom. The van der Waals surface area contributed by atoms with Crippen LogP contribution in [0.5, 0.6) is 0 Å². The van der Waals surface area contributed by atoms with Crippen molar-refractivity contribution in [3.63, 3.8) is 0 Å². The molecule has 1 atom stereocenters. The smallest absolute Gasteiger partial charge is 0.160 e. The lowest BCUT2D eigenvalue weighted by Crippen LogP contribution is -2.44. The van der Waals surface area contributed by atoms with Crippen molar-refractivity contribution in [1.82, 2.24) is 9.97 Å². The molecule has 328 valence electrons. The largest absolute Gasteiger partial charge is 0.228 e. The van der Waals surface area contributed by atoms with Crippen LogP contribution >= 0.6 is 11.3 Å². The lowest BCUT2D eigenvalue weighted by Gasteiger charge is -2.49. The Morgan fingerprint density at radius 2 is 0.943 bits per heavy atom. The predicted molar refractivity (Wildman–Crippen MR) is 290 cm³/mol. The molecule has 0 aliphatic heterocycles. The van der Waals surface area contributed by atoms with Crippen molar-refractivity contribution >= 4 is 37.1 Å². The van der Waals surface area contributed by atoms with Gasteiger partial charge >= 0.3 is 0 Å². The normalized spacial score (nSPS) is 19.0. The molecular weight excluding hydrogens is 865 g/mol. The van der Waals surface area contributed by atoms with Crippen LogP contribution in [-0.2, 0) is 10.8 Å². The van der Waals surface area contributed by atoms with Crippen LogP contribution in [-0.4, -0.2) is 9.97 Å². The van der Waals surface area contributed by atoms with Crippen LogP contribution in [0.3, 0.4) is 0 Å². The van der Waals surface area contributed by atoms with Crippen LogP contribution in [0.25, 0.3) is 81.9 Å². The number of hydrogen-bond acceptors (Lipinski definition) is 3. The van der Waals surface area contributed by atoms with Gasteiger partial charge in [0.05, 0.1) is 22.2 Å². The highest BCUT2D eigenvalue weighted by Crippen LogP contribution is 2.68. The molecule has 9 aromatic carbocycles. The first-order chi connectivity index (χ1) is 34.6. The molecule has 3 heteroatoms. The fraction of sp³-hybridized carbons (Fsp3) is 0.0746. The first-order valence-electron chi connectivity index (χ1n) is 24.5. The minimum atomic E-state index is -0.563. The highest BCUT2D eigenvalue weighted by Gasteiger charge is 2.59. The van der Waals surface area contributed by atoms with Crippen LogP contribution < -0.4 is 0 Å². The van der Waals surface area contributed by atoms with Crippen molar-refractivity contribution in [2.75, 3.05) is 0 Å². The molecule has 11 aromatic rings. The van der Waals surface area contributed by atoms with E-state index in [9.17, 15) is 0 Å². The van der Waals surface area contributed by atoms with Gasteiger partial charge < -0.3 is 0 Å². The zero-order chi connectivity index (χ0) is 46.1. The third-order valence-electron chi connectivity index (χ3n) is 15.9. The molecule has 70 heavy (non-hydrogen) atoms. The lowest BCUT2D eigenvalue weighted by atomic mass is 9.52. The topological polar surface area (TPSA) is 25.8 Å². The number of nitrogens with zero attached hydrogens (tertiary/aromatic N) is 2. The molecule has 15 rings (SSSR count). The molecule has 2 heterocycles. The van der Waals surface area contributed by atoms with E-state index in [-0.39, 0.29) is 0 Å². The summed E-state index contributed by atoms with van der Waals surface area (Å²) in [7, 11) is 0. The summed E-state index contributed by atoms with van der Waals surface area (Å²) in [5.41, 5.74) is 22.8. The highest BCUT2D eigenvalue weighted by atomic mass is 32.1. The van der Waals surface area contributed by atoms with Gasteiger partial charge in [0.25, 0.3) is 0 Å². The first kappa shape index (κ1) is 39.7.